The van der Waals surface area contributed by atoms with Gasteiger partial charge in [0.15, 0.2) is 0 Å². The minimum atomic E-state index is -1.11. The van der Waals surface area contributed by atoms with Crippen LogP contribution in [-0.4, -0.2) is 40.7 Å². The average molecular weight is 312 g/mol. The van der Waals surface area contributed by atoms with Crippen LogP contribution in [0.5, 0.6) is 5.75 Å². The summed E-state index contributed by atoms with van der Waals surface area (Å²) in [6, 6.07) is 5.24. The molecule has 1 aromatic carbocycles. The fraction of sp³-hybridized carbons (Fsp3) is 0.357. The van der Waals surface area contributed by atoms with Crippen LogP contribution in [0.15, 0.2) is 24.3 Å². The zero-order chi connectivity index (χ0) is 17.1. The van der Waals surface area contributed by atoms with Gasteiger partial charge < -0.3 is 26.4 Å². The molecule has 0 aliphatic rings. The second-order valence-electron chi connectivity index (χ2n) is 4.27. The van der Waals surface area contributed by atoms with Gasteiger partial charge >= 0.3 is 17.9 Å². The lowest BCUT2D eigenvalue weighted by Gasteiger charge is -2.03. The van der Waals surface area contributed by atoms with E-state index in [1.54, 1.807) is 12.1 Å². The zero-order valence-electron chi connectivity index (χ0n) is 12.2. The molecule has 8 nitrogen and oxygen atoms in total. The van der Waals surface area contributed by atoms with Gasteiger partial charge in [-0.25, -0.2) is 4.79 Å². The Morgan fingerprint density at radius 1 is 1.23 bits per heavy atom. The van der Waals surface area contributed by atoms with E-state index in [0.29, 0.717) is 19.4 Å². The fourth-order valence-corrected chi connectivity index (χ4v) is 1.35. The first-order valence-electron chi connectivity index (χ1n) is 6.48. The van der Waals surface area contributed by atoms with Gasteiger partial charge in [-0.2, -0.15) is 0 Å². The van der Waals surface area contributed by atoms with Gasteiger partial charge in [0.1, 0.15) is 17.4 Å². The van der Waals surface area contributed by atoms with Crippen molar-refractivity contribution in [1.82, 2.24) is 0 Å². The third-order valence-electron chi connectivity index (χ3n) is 2.41. The maximum absolute atomic E-state index is 10.6. The number of carboxylic acids is 2. The van der Waals surface area contributed by atoms with Crippen LogP contribution >= 0.6 is 0 Å². The molecule has 0 aliphatic heterocycles. The summed E-state index contributed by atoms with van der Waals surface area (Å²) < 4.78 is 4.69. The first-order valence-corrected chi connectivity index (χ1v) is 6.48. The lowest BCUT2D eigenvalue weighted by atomic mass is 10.2. The van der Waals surface area contributed by atoms with Crippen LogP contribution in [0.4, 0.5) is 0 Å². The molecule has 1 unspecified atom stereocenters. The molecule has 1 aromatic rings. The second kappa shape index (κ2) is 10.3. The van der Waals surface area contributed by atoms with Crippen molar-refractivity contribution in [2.75, 3.05) is 6.54 Å². The number of hydrogen-bond acceptors (Lipinski definition) is 6. The summed E-state index contributed by atoms with van der Waals surface area (Å²) >= 11 is 0. The number of ether oxygens (including phenoxy) is 1. The Balaban J connectivity index is 0.000000433. The maximum Gasteiger partial charge on any atom is 0.339 e. The van der Waals surface area contributed by atoms with Gasteiger partial charge in [0.2, 0.25) is 0 Å². The van der Waals surface area contributed by atoms with E-state index in [-0.39, 0.29) is 11.3 Å². The molecule has 0 aromatic heterocycles. The number of carbonyl (C=O) groups excluding carboxylic acids is 1. The molecular formula is C14H20N2O6. The molecule has 0 spiro atoms. The van der Waals surface area contributed by atoms with Gasteiger partial charge in [0, 0.05) is 6.92 Å². The zero-order valence-corrected chi connectivity index (χ0v) is 12.2. The van der Waals surface area contributed by atoms with Gasteiger partial charge in [0.25, 0.3) is 0 Å². The molecule has 0 amide bonds. The normalized spacial score (nSPS) is 10.9. The SMILES string of the molecule is CC(=O)Oc1ccccc1C(=O)O.NCCCC(N)C(=O)O. The van der Waals surface area contributed by atoms with Crippen molar-refractivity contribution in [3.8, 4) is 5.75 Å². The van der Waals surface area contributed by atoms with E-state index in [0.717, 1.165) is 0 Å². The summed E-state index contributed by atoms with van der Waals surface area (Å²) in [5, 5.41) is 16.9. The number of carbonyl (C=O) groups is 3. The molecule has 6 N–H and O–H groups in total. The number of aliphatic carboxylic acids is 1. The quantitative estimate of drug-likeness (QED) is 0.436. The molecule has 122 valence electrons. The first-order chi connectivity index (χ1) is 10.3. The minimum absolute atomic E-state index is 0.0160. The van der Waals surface area contributed by atoms with E-state index in [9.17, 15) is 14.4 Å². The molecular weight excluding hydrogens is 292 g/mol. The summed E-state index contributed by atoms with van der Waals surface area (Å²) in [7, 11) is 0. The van der Waals surface area contributed by atoms with Crippen molar-refractivity contribution >= 4 is 17.9 Å². The average Bonchev–Trinajstić information content (AvgIpc) is 2.45. The number of hydrogen-bond donors (Lipinski definition) is 4. The number of esters is 1. The van der Waals surface area contributed by atoms with Gasteiger partial charge in [-0.05, 0) is 31.5 Å². The monoisotopic (exact) mass is 312 g/mol. The van der Waals surface area contributed by atoms with Crippen molar-refractivity contribution in [2.24, 2.45) is 11.5 Å². The Labute approximate surface area is 127 Å². The smallest absolute Gasteiger partial charge is 0.339 e. The number of nitrogens with two attached hydrogens (primary N) is 2. The minimum Gasteiger partial charge on any atom is -0.480 e. The van der Waals surface area contributed by atoms with Crippen LogP contribution in [0.25, 0.3) is 0 Å². The predicted octanol–water partition coefficient (Wildman–Crippen LogP) is 0.447. The Kier molecular flexibility index (Phi) is 9.15. The number of para-hydroxylation sites is 1. The second-order valence-corrected chi connectivity index (χ2v) is 4.27. The highest BCUT2D eigenvalue weighted by Crippen LogP contribution is 2.17. The van der Waals surface area contributed by atoms with E-state index in [2.05, 4.69) is 4.74 Å². The molecule has 0 bridgehead atoms. The van der Waals surface area contributed by atoms with E-state index in [4.69, 9.17) is 21.7 Å². The lowest BCUT2D eigenvalue weighted by Crippen LogP contribution is -2.30. The number of benzene rings is 1. The highest BCUT2D eigenvalue weighted by atomic mass is 16.5. The van der Waals surface area contributed by atoms with E-state index in [1.807, 2.05) is 0 Å². The Morgan fingerprint density at radius 3 is 2.27 bits per heavy atom. The van der Waals surface area contributed by atoms with E-state index in [1.165, 1.54) is 19.1 Å². The molecule has 0 saturated heterocycles. The van der Waals surface area contributed by atoms with E-state index < -0.39 is 23.9 Å². The largest absolute Gasteiger partial charge is 0.480 e. The number of carboxylic acid groups (broad SMARTS) is 2. The molecule has 1 atom stereocenters. The van der Waals surface area contributed by atoms with Gasteiger partial charge in [-0.1, -0.05) is 12.1 Å². The van der Waals surface area contributed by atoms with Gasteiger partial charge in [-0.15, -0.1) is 0 Å². The Hall–Kier alpha value is -2.45. The van der Waals surface area contributed by atoms with E-state index >= 15 is 0 Å². The topological polar surface area (TPSA) is 153 Å². The first kappa shape index (κ1) is 19.6. The van der Waals surface area contributed by atoms with Gasteiger partial charge in [-0.3, -0.25) is 9.59 Å². The molecule has 0 fully saturated rings. The summed E-state index contributed by atoms with van der Waals surface area (Å²) in [5.41, 5.74) is 10.3. The van der Waals surface area contributed by atoms with Crippen LogP contribution in [0.2, 0.25) is 0 Å². The Morgan fingerprint density at radius 2 is 1.82 bits per heavy atom. The molecule has 0 aliphatic carbocycles. The standard InChI is InChI=1S/C9H8O4.C5H12N2O2/c1-6(10)13-8-5-3-2-4-7(8)9(11)12;6-3-1-2-4(7)5(8)9/h2-5H,1H3,(H,11,12);4H,1-3,6-7H2,(H,8,9). The molecule has 0 heterocycles. The van der Waals surface area contributed by atoms with Gasteiger partial charge in [0.05, 0.1) is 0 Å². The Bertz CT molecular complexity index is 518. The third kappa shape index (κ3) is 7.98. The molecule has 0 saturated carbocycles. The van der Waals surface area contributed by atoms with Crippen LogP contribution in [0.3, 0.4) is 0 Å². The summed E-state index contributed by atoms with van der Waals surface area (Å²) in [5.74, 6) is -2.53. The molecule has 22 heavy (non-hydrogen) atoms. The fourth-order valence-electron chi connectivity index (χ4n) is 1.35. The summed E-state index contributed by atoms with van der Waals surface area (Å²) in [6.07, 6.45) is 1.14. The third-order valence-corrected chi connectivity index (χ3v) is 2.41. The van der Waals surface area contributed by atoms with Crippen molar-refractivity contribution in [3.63, 3.8) is 0 Å². The van der Waals surface area contributed by atoms with Crippen LogP contribution in [-0.2, 0) is 9.59 Å². The molecule has 8 heteroatoms. The number of aromatic carboxylic acids is 1. The lowest BCUT2D eigenvalue weighted by molar-refractivity contribution is -0.138. The van der Waals surface area contributed by atoms with Crippen molar-refractivity contribution in [1.29, 1.82) is 0 Å². The maximum atomic E-state index is 10.6. The summed E-state index contributed by atoms with van der Waals surface area (Å²) in [6.45, 7) is 1.72. The van der Waals surface area contributed by atoms with Crippen molar-refractivity contribution < 1.29 is 29.3 Å². The molecule has 1 rings (SSSR count). The predicted molar refractivity (Wildman–Crippen MR) is 78.6 cm³/mol. The van der Waals surface area contributed by atoms with Crippen LogP contribution in [0.1, 0.15) is 30.1 Å². The van der Waals surface area contributed by atoms with Crippen molar-refractivity contribution in [2.45, 2.75) is 25.8 Å². The number of rotatable bonds is 6. The molecule has 0 radical (unpaired) electrons. The summed E-state index contributed by atoms with van der Waals surface area (Å²) in [4.78, 5) is 31.2. The van der Waals surface area contributed by atoms with Crippen LogP contribution < -0.4 is 16.2 Å². The van der Waals surface area contributed by atoms with Crippen LogP contribution in [0, 0.1) is 0 Å². The van der Waals surface area contributed by atoms with Crippen molar-refractivity contribution in [3.05, 3.63) is 29.8 Å². The highest BCUT2D eigenvalue weighted by Gasteiger charge is 2.11. The highest BCUT2D eigenvalue weighted by molar-refractivity contribution is 5.91.